The highest BCUT2D eigenvalue weighted by molar-refractivity contribution is 5.78. The fraction of sp³-hybridized carbons (Fsp3) is 0.583. The van der Waals surface area contributed by atoms with E-state index in [1.807, 2.05) is 13.1 Å². The molecule has 1 aromatic heterocycles. The van der Waals surface area contributed by atoms with Gasteiger partial charge in [0, 0.05) is 25.7 Å². The van der Waals surface area contributed by atoms with Crippen molar-refractivity contribution < 1.29 is 9.53 Å². The summed E-state index contributed by atoms with van der Waals surface area (Å²) >= 11 is 0. The Balaban J connectivity index is 1.78. The summed E-state index contributed by atoms with van der Waals surface area (Å²) < 4.78 is 5.20. The van der Waals surface area contributed by atoms with Crippen LogP contribution in [-0.2, 0) is 22.5 Å². The lowest BCUT2D eigenvalue weighted by Crippen LogP contribution is -2.42. The molecule has 0 amide bonds. The minimum atomic E-state index is -0.0897. The standard InChI is InChI=1S/C12H15N3O2/c1-8-4-11(12(16)17-8)15-3-2-9-5-13-7-14-10(9)6-15/h5,7-8,11H,2-4,6H2,1H3/t8-,11-/m1/s1. The molecule has 0 saturated carbocycles. The average Bonchev–Trinajstić information content (AvgIpc) is 2.68. The number of hydrogen-bond acceptors (Lipinski definition) is 5. The molecule has 2 aliphatic heterocycles. The van der Waals surface area contributed by atoms with E-state index >= 15 is 0 Å². The highest BCUT2D eigenvalue weighted by atomic mass is 16.6. The molecule has 3 heterocycles. The zero-order valence-corrected chi connectivity index (χ0v) is 9.80. The molecule has 1 aromatic rings. The molecule has 0 aromatic carbocycles. The number of fused-ring (bicyclic) bond motifs is 1. The summed E-state index contributed by atoms with van der Waals surface area (Å²) in [5, 5.41) is 0. The van der Waals surface area contributed by atoms with Crippen LogP contribution in [-0.4, -0.2) is 39.5 Å². The fourth-order valence-corrected chi connectivity index (χ4v) is 2.57. The molecule has 0 N–H and O–H groups in total. The number of aromatic nitrogens is 2. The summed E-state index contributed by atoms with van der Waals surface area (Å²) in [5.74, 6) is -0.0880. The van der Waals surface area contributed by atoms with Gasteiger partial charge in [-0.2, -0.15) is 0 Å². The first kappa shape index (κ1) is 10.7. The topological polar surface area (TPSA) is 55.3 Å². The second-order valence-corrected chi connectivity index (χ2v) is 4.71. The Bertz CT molecular complexity index is 449. The molecule has 0 aliphatic carbocycles. The van der Waals surface area contributed by atoms with Crippen molar-refractivity contribution in [3.8, 4) is 0 Å². The van der Waals surface area contributed by atoms with Crippen LogP contribution in [0.25, 0.3) is 0 Å². The van der Waals surface area contributed by atoms with Crippen LogP contribution in [0, 0.1) is 0 Å². The third kappa shape index (κ3) is 1.91. The average molecular weight is 233 g/mol. The Hall–Kier alpha value is -1.49. The highest BCUT2D eigenvalue weighted by Gasteiger charge is 2.37. The normalized spacial score (nSPS) is 28.9. The molecule has 0 unspecified atom stereocenters. The van der Waals surface area contributed by atoms with Gasteiger partial charge in [-0.05, 0) is 18.9 Å². The predicted octanol–water partition coefficient (Wildman–Crippen LogP) is 0.539. The monoisotopic (exact) mass is 233 g/mol. The Labute approximate surface area is 99.8 Å². The lowest BCUT2D eigenvalue weighted by Gasteiger charge is -2.30. The SMILES string of the molecule is C[C@@H]1C[C@@H](N2CCc3cncnc3C2)C(=O)O1. The van der Waals surface area contributed by atoms with Crippen molar-refractivity contribution in [2.75, 3.05) is 6.54 Å². The van der Waals surface area contributed by atoms with Gasteiger partial charge in [0.15, 0.2) is 0 Å². The number of hydrogen-bond donors (Lipinski definition) is 0. The van der Waals surface area contributed by atoms with Crippen molar-refractivity contribution in [2.24, 2.45) is 0 Å². The zero-order chi connectivity index (χ0) is 11.8. The van der Waals surface area contributed by atoms with E-state index < -0.39 is 0 Å². The van der Waals surface area contributed by atoms with E-state index in [2.05, 4.69) is 14.9 Å². The van der Waals surface area contributed by atoms with E-state index in [0.717, 1.165) is 31.6 Å². The highest BCUT2D eigenvalue weighted by Crippen LogP contribution is 2.25. The van der Waals surface area contributed by atoms with Gasteiger partial charge in [-0.25, -0.2) is 9.97 Å². The number of rotatable bonds is 1. The Kier molecular flexibility index (Phi) is 2.55. The van der Waals surface area contributed by atoms with E-state index in [0.29, 0.717) is 0 Å². The number of esters is 1. The van der Waals surface area contributed by atoms with Crippen LogP contribution in [0.1, 0.15) is 24.6 Å². The fourth-order valence-electron chi connectivity index (χ4n) is 2.57. The van der Waals surface area contributed by atoms with Crippen molar-refractivity contribution in [3.63, 3.8) is 0 Å². The van der Waals surface area contributed by atoms with Crippen LogP contribution in [0.2, 0.25) is 0 Å². The molecule has 0 spiro atoms. The largest absolute Gasteiger partial charge is 0.461 e. The molecule has 5 heteroatoms. The summed E-state index contributed by atoms with van der Waals surface area (Å²) in [7, 11) is 0. The van der Waals surface area contributed by atoms with Crippen LogP contribution in [0.4, 0.5) is 0 Å². The van der Waals surface area contributed by atoms with Crippen LogP contribution in [0.15, 0.2) is 12.5 Å². The van der Waals surface area contributed by atoms with E-state index in [1.165, 1.54) is 5.56 Å². The minimum Gasteiger partial charge on any atom is -0.461 e. The summed E-state index contributed by atoms with van der Waals surface area (Å²) in [6, 6.07) is -0.0897. The molecule has 2 aliphatic rings. The molecule has 3 rings (SSSR count). The third-order valence-corrected chi connectivity index (χ3v) is 3.49. The first-order valence-corrected chi connectivity index (χ1v) is 5.96. The van der Waals surface area contributed by atoms with E-state index in [4.69, 9.17) is 4.74 Å². The van der Waals surface area contributed by atoms with Gasteiger partial charge in [0.05, 0.1) is 5.69 Å². The summed E-state index contributed by atoms with van der Waals surface area (Å²) in [5.41, 5.74) is 2.24. The number of nitrogens with zero attached hydrogens (tertiary/aromatic N) is 3. The summed E-state index contributed by atoms with van der Waals surface area (Å²) in [4.78, 5) is 22.2. The first-order chi connectivity index (χ1) is 8.24. The Morgan fingerprint density at radius 1 is 1.53 bits per heavy atom. The maximum absolute atomic E-state index is 11.7. The second-order valence-electron chi connectivity index (χ2n) is 4.71. The van der Waals surface area contributed by atoms with Crippen LogP contribution in [0.5, 0.6) is 0 Å². The van der Waals surface area contributed by atoms with Crippen LogP contribution < -0.4 is 0 Å². The molecule has 17 heavy (non-hydrogen) atoms. The minimum absolute atomic E-state index is 0.0410. The van der Waals surface area contributed by atoms with Crippen molar-refractivity contribution >= 4 is 5.97 Å². The van der Waals surface area contributed by atoms with Crippen molar-refractivity contribution in [1.29, 1.82) is 0 Å². The molecule has 0 radical (unpaired) electrons. The third-order valence-electron chi connectivity index (χ3n) is 3.49. The van der Waals surface area contributed by atoms with Gasteiger partial charge in [-0.15, -0.1) is 0 Å². The first-order valence-electron chi connectivity index (χ1n) is 5.96. The second kappa shape index (κ2) is 4.07. The molecule has 1 saturated heterocycles. The van der Waals surface area contributed by atoms with Gasteiger partial charge in [-0.3, -0.25) is 9.69 Å². The van der Waals surface area contributed by atoms with Gasteiger partial charge >= 0.3 is 5.97 Å². The maximum Gasteiger partial charge on any atom is 0.323 e. The van der Waals surface area contributed by atoms with Gasteiger partial charge in [0.2, 0.25) is 0 Å². The number of carbonyl (C=O) groups is 1. The summed E-state index contributed by atoms with van der Waals surface area (Å²) in [6.07, 6.45) is 5.18. The van der Waals surface area contributed by atoms with Gasteiger partial charge < -0.3 is 4.74 Å². The predicted molar refractivity (Wildman–Crippen MR) is 60.1 cm³/mol. The van der Waals surface area contributed by atoms with Crippen molar-refractivity contribution in [3.05, 3.63) is 23.8 Å². The molecule has 2 atom stereocenters. The number of ether oxygens (including phenoxy) is 1. The lowest BCUT2D eigenvalue weighted by atomic mass is 10.0. The van der Waals surface area contributed by atoms with E-state index in [1.54, 1.807) is 6.33 Å². The maximum atomic E-state index is 11.7. The van der Waals surface area contributed by atoms with Crippen LogP contribution in [0.3, 0.4) is 0 Å². The lowest BCUT2D eigenvalue weighted by molar-refractivity contribution is -0.145. The smallest absolute Gasteiger partial charge is 0.323 e. The number of cyclic esters (lactones) is 1. The summed E-state index contributed by atoms with van der Waals surface area (Å²) in [6.45, 7) is 3.55. The van der Waals surface area contributed by atoms with Crippen molar-refractivity contribution in [2.45, 2.75) is 38.5 Å². The molecule has 1 fully saturated rings. The van der Waals surface area contributed by atoms with Crippen molar-refractivity contribution in [1.82, 2.24) is 14.9 Å². The quantitative estimate of drug-likeness (QED) is 0.663. The van der Waals surface area contributed by atoms with Gasteiger partial charge in [0.25, 0.3) is 0 Å². The molecular weight excluding hydrogens is 218 g/mol. The van der Waals surface area contributed by atoms with Crippen LogP contribution >= 0.6 is 0 Å². The van der Waals surface area contributed by atoms with Gasteiger partial charge in [0.1, 0.15) is 18.5 Å². The van der Waals surface area contributed by atoms with Gasteiger partial charge in [-0.1, -0.05) is 0 Å². The Morgan fingerprint density at radius 3 is 3.18 bits per heavy atom. The zero-order valence-electron chi connectivity index (χ0n) is 9.80. The number of carbonyl (C=O) groups excluding carboxylic acids is 1. The molecule has 90 valence electrons. The Morgan fingerprint density at radius 2 is 2.41 bits per heavy atom. The molecular formula is C12H15N3O2. The van der Waals surface area contributed by atoms with E-state index in [-0.39, 0.29) is 18.1 Å². The molecule has 0 bridgehead atoms. The van der Waals surface area contributed by atoms with E-state index in [9.17, 15) is 4.79 Å². The molecule has 5 nitrogen and oxygen atoms in total.